The quantitative estimate of drug-likeness (QED) is 0.673. The van der Waals surface area contributed by atoms with Crippen molar-refractivity contribution in [3.05, 3.63) is 35.9 Å². The summed E-state index contributed by atoms with van der Waals surface area (Å²) in [4.78, 5) is 11.0. The fraction of sp³-hybridized carbons (Fsp3) is 0.500. The van der Waals surface area contributed by atoms with E-state index in [-0.39, 0.29) is 6.10 Å². The molecule has 0 N–H and O–H groups in total. The zero-order valence-corrected chi connectivity index (χ0v) is 11.1. The van der Waals surface area contributed by atoms with Gasteiger partial charge < -0.3 is 4.74 Å². The van der Waals surface area contributed by atoms with Crippen molar-refractivity contribution in [2.24, 2.45) is 5.92 Å². The molecular formula is C14H19ClO2. The van der Waals surface area contributed by atoms with Crippen LogP contribution in [0.15, 0.2) is 30.3 Å². The standard InChI is InChI=1S/C14H19ClO2/c1-3-8-11(4-2)13(17-14(15)16)12-9-6-5-7-10-12/h5-7,9-11,13H,3-4,8H2,1-2H3. The molecule has 0 bridgehead atoms. The van der Waals surface area contributed by atoms with E-state index >= 15 is 0 Å². The molecule has 0 aliphatic carbocycles. The van der Waals surface area contributed by atoms with E-state index < -0.39 is 5.43 Å². The Kier molecular flexibility index (Phi) is 6.06. The van der Waals surface area contributed by atoms with Crippen molar-refractivity contribution in [1.82, 2.24) is 0 Å². The lowest BCUT2D eigenvalue weighted by Gasteiger charge is -2.25. The van der Waals surface area contributed by atoms with Gasteiger partial charge in [0.25, 0.3) is 0 Å². The molecule has 2 unspecified atom stereocenters. The van der Waals surface area contributed by atoms with Crippen LogP contribution in [0.1, 0.15) is 44.8 Å². The Balaban J connectivity index is 2.89. The van der Waals surface area contributed by atoms with Gasteiger partial charge in [0.1, 0.15) is 6.10 Å². The molecule has 17 heavy (non-hydrogen) atoms. The normalized spacial score (nSPS) is 14.1. The van der Waals surface area contributed by atoms with Crippen molar-refractivity contribution in [3.63, 3.8) is 0 Å². The maximum Gasteiger partial charge on any atom is 0.404 e. The minimum absolute atomic E-state index is 0.230. The first-order valence-corrected chi connectivity index (χ1v) is 6.47. The molecule has 0 aliphatic rings. The molecule has 0 aromatic heterocycles. The Morgan fingerprint density at radius 2 is 1.94 bits per heavy atom. The largest absolute Gasteiger partial charge is 0.445 e. The number of rotatable bonds is 6. The lowest BCUT2D eigenvalue weighted by Crippen LogP contribution is -2.17. The average molecular weight is 255 g/mol. The molecule has 3 heteroatoms. The summed E-state index contributed by atoms with van der Waals surface area (Å²) in [6.07, 6.45) is 2.84. The van der Waals surface area contributed by atoms with Gasteiger partial charge in [-0.3, -0.25) is 0 Å². The van der Waals surface area contributed by atoms with E-state index in [9.17, 15) is 4.79 Å². The monoisotopic (exact) mass is 254 g/mol. The van der Waals surface area contributed by atoms with Crippen LogP contribution < -0.4 is 0 Å². The summed E-state index contributed by atoms with van der Waals surface area (Å²) in [7, 11) is 0. The number of carbonyl (C=O) groups excluding carboxylic acids is 1. The van der Waals surface area contributed by atoms with Crippen LogP contribution in [0.5, 0.6) is 0 Å². The van der Waals surface area contributed by atoms with E-state index in [0.29, 0.717) is 5.92 Å². The minimum Gasteiger partial charge on any atom is -0.445 e. The van der Waals surface area contributed by atoms with Gasteiger partial charge in [-0.25, -0.2) is 4.79 Å². The van der Waals surface area contributed by atoms with Crippen molar-refractivity contribution in [3.8, 4) is 0 Å². The van der Waals surface area contributed by atoms with Gasteiger partial charge in [-0.1, -0.05) is 50.6 Å². The summed E-state index contributed by atoms with van der Waals surface area (Å²) in [5, 5.41) is 0. The first kappa shape index (κ1) is 14.0. The maximum atomic E-state index is 11.0. The average Bonchev–Trinajstić information content (AvgIpc) is 2.34. The van der Waals surface area contributed by atoms with E-state index in [1.165, 1.54) is 0 Å². The van der Waals surface area contributed by atoms with E-state index in [1.807, 2.05) is 30.3 Å². The summed E-state index contributed by atoms with van der Waals surface area (Å²) in [6.45, 7) is 4.24. The Hall–Kier alpha value is -1.02. The smallest absolute Gasteiger partial charge is 0.404 e. The van der Waals surface area contributed by atoms with Gasteiger partial charge in [0, 0.05) is 17.5 Å². The predicted octanol–water partition coefficient (Wildman–Crippen LogP) is 4.93. The predicted molar refractivity (Wildman–Crippen MR) is 70.2 cm³/mol. The molecule has 0 saturated heterocycles. The first-order valence-electron chi connectivity index (χ1n) is 6.10. The third-order valence-electron chi connectivity index (χ3n) is 2.96. The summed E-state index contributed by atoms with van der Waals surface area (Å²) in [5.41, 5.74) is 0.287. The second kappa shape index (κ2) is 7.33. The number of halogens is 1. The lowest BCUT2D eigenvalue weighted by molar-refractivity contribution is 0.0740. The number of carbonyl (C=O) groups is 1. The van der Waals surface area contributed by atoms with E-state index in [0.717, 1.165) is 24.8 Å². The summed E-state index contributed by atoms with van der Waals surface area (Å²) >= 11 is 5.36. The molecule has 2 atom stereocenters. The molecular weight excluding hydrogens is 236 g/mol. The Labute approximate surface area is 108 Å². The second-order valence-electron chi connectivity index (χ2n) is 4.14. The van der Waals surface area contributed by atoms with Crippen LogP contribution in [0.25, 0.3) is 0 Å². The van der Waals surface area contributed by atoms with Gasteiger partial charge in [-0.2, -0.15) is 0 Å². The fourth-order valence-corrected chi connectivity index (χ4v) is 2.22. The molecule has 0 heterocycles. The molecule has 0 fully saturated rings. The molecule has 1 rings (SSSR count). The first-order chi connectivity index (χ1) is 8.19. The molecule has 0 saturated carbocycles. The number of benzene rings is 1. The Morgan fingerprint density at radius 1 is 1.29 bits per heavy atom. The van der Waals surface area contributed by atoms with Gasteiger partial charge in [-0.05, 0) is 18.4 Å². The molecule has 2 nitrogen and oxygen atoms in total. The maximum absolute atomic E-state index is 11.0. The molecule has 0 radical (unpaired) electrons. The van der Waals surface area contributed by atoms with Gasteiger partial charge in [-0.15, -0.1) is 0 Å². The third-order valence-corrected chi connectivity index (χ3v) is 3.05. The highest BCUT2D eigenvalue weighted by atomic mass is 35.5. The molecule has 0 spiro atoms. The fourth-order valence-electron chi connectivity index (χ4n) is 2.12. The van der Waals surface area contributed by atoms with Crippen LogP contribution in [0, 0.1) is 5.92 Å². The van der Waals surface area contributed by atoms with Crippen molar-refractivity contribution in [1.29, 1.82) is 0 Å². The van der Waals surface area contributed by atoms with Crippen molar-refractivity contribution in [2.45, 2.75) is 39.2 Å². The van der Waals surface area contributed by atoms with Crippen LogP contribution in [-0.2, 0) is 4.74 Å². The van der Waals surface area contributed by atoms with Gasteiger partial charge >= 0.3 is 5.43 Å². The molecule has 1 aromatic rings. The van der Waals surface area contributed by atoms with Crippen molar-refractivity contribution in [2.75, 3.05) is 0 Å². The second-order valence-corrected chi connectivity index (χ2v) is 4.45. The SMILES string of the molecule is CCCC(CC)C(OC(=O)Cl)c1ccccc1. The lowest BCUT2D eigenvalue weighted by atomic mass is 9.89. The van der Waals surface area contributed by atoms with Crippen LogP contribution in [0.3, 0.4) is 0 Å². The molecule has 94 valence electrons. The highest BCUT2D eigenvalue weighted by Crippen LogP contribution is 2.32. The van der Waals surface area contributed by atoms with Crippen molar-refractivity contribution >= 4 is 17.0 Å². The zero-order chi connectivity index (χ0) is 12.7. The highest BCUT2D eigenvalue weighted by molar-refractivity contribution is 6.61. The third kappa shape index (κ3) is 4.39. The van der Waals surface area contributed by atoms with E-state index in [4.69, 9.17) is 16.3 Å². The van der Waals surface area contributed by atoms with Gasteiger partial charge in [0.15, 0.2) is 0 Å². The number of hydrogen-bond acceptors (Lipinski definition) is 2. The van der Waals surface area contributed by atoms with Crippen LogP contribution in [0.4, 0.5) is 4.79 Å². The molecule has 0 aliphatic heterocycles. The molecule has 1 aromatic carbocycles. The number of ether oxygens (including phenoxy) is 1. The molecule has 0 amide bonds. The van der Waals surface area contributed by atoms with Gasteiger partial charge in [0.2, 0.25) is 0 Å². The van der Waals surface area contributed by atoms with E-state index in [2.05, 4.69) is 13.8 Å². The van der Waals surface area contributed by atoms with Crippen molar-refractivity contribution < 1.29 is 9.53 Å². The van der Waals surface area contributed by atoms with Crippen LogP contribution >= 0.6 is 11.6 Å². The number of hydrogen-bond donors (Lipinski definition) is 0. The topological polar surface area (TPSA) is 26.3 Å². The summed E-state index contributed by atoms with van der Waals surface area (Å²) in [6, 6.07) is 9.79. The minimum atomic E-state index is -0.728. The zero-order valence-electron chi connectivity index (χ0n) is 10.4. The highest BCUT2D eigenvalue weighted by Gasteiger charge is 2.24. The Bertz CT molecular complexity index is 337. The van der Waals surface area contributed by atoms with Crippen LogP contribution in [-0.4, -0.2) is 5.43 Å². The van der Waals surface area contributed by atoms with E-state index in [1.54, 1.807) is 0 Å². The summed E-state index contributed by atoms with van der Waals surface area (Å²) in [5.74, 6) is 0.324. The van der Waals surface area contributed by atoms with Crippen LogP contribution in [0.2, 0.25) is 0 Å². The van der Waals surface area contributed by atoms with Gasteiger partial charge in [0.05, 0.1) is 0 Å². The Morgan fingerprint density at radius 3 is 2.41 bits per heavy atom. The summed E-state index contributed by atoms with van der Waals surface area (Å²) < 4.78 is 5.27.